The van der Waals surface area contributed by atoms with Crippen molar-refractivity contribution in [3.8, 4) is 0 Å². The Morgan fingerprint density at radius 1 is 1.08 bits per heavy atom. The van der Waals surface area contributed by atoms with E-state index in [2.05, 4.69) is 47.7 Å². The number of pyridine rings is 2. The molecular weight excluding hydrogens is 314 g/mol. The molecular formula is C20H31N3S. The lowest BCUT2D eigenvalue weighted by molar-refractivity contribution is 0.566. The second-order valence-electron chi connectivity index (χ2n) is 6.60. The summed E-state index contributed by atoms with van der Waals surface area (Å²) < 4.78 is 3.05. The predicted molar refractivity (Wildman–Crippen MR) is 107 cm³/mol. The van der Waals surface area contributed by atoms with E-state index in [-0.39, 0.29) is 0 Å². The number of aromatic nitrogens is 2. The van der Waals surface area contributed by atoms with Crippen LogP contribution in [-0.2, 0) is 6.42 Å². The Hall–Kier alpha value is -1.42. The number of unbranched alkanes of at least 4 members (excludes halogenated alkanes) is 5. The van der Waals surface area contributed by atoms with E-state index in [0.29, 0.717) is 0 Å². The summed E-state index contributed by atoms with van der Waals surface area (Å²) in [6.07, 6.45) is 11.8. The fourth-order valence-corrected chi connectivity index (χ4v) is 3.55. The van der Waals surface area contributed by atoms with E-state index < -0.39 is 0 Å². The van der Waals surface area contributed by atoms with Crippen LogP contribution in [0.15, 0.2) is 24.4 Å². The zero-order valence-electron chi connectivity index (χ0n) is 15.4. The number of hydrogen-bond donors (Lipinski definition) is 0. The van der Waals surface area contributed by atoms with Gasteiger partial charge in [0.05, 0.1) is 0 Å². The predicted octanol–water partition coefficient (Wildman–Crippen LogP) is 5.65. The molecule has 0 atom stereocenters. The van der Waals surface area contributed by atoms with Gasteiger partial charge in [0.15, 0.2) is 5.65 Å². The standard InChI is InChI=1S/C20H31N3S/c1-4-6-7-8-9-10-15-22(3)23-19-17(13-11-14-21-19)16-18(12-5-2)20(23)24/h11,13-14,16H,4-10,12,15H2,1-3H3. The molecule has 0 unspecified atom stereocenters. The molecule has 0 radical (unpaired) electrons. The first-order valence-electron chi connectivity index (χ1n) is 9.40. The monoisotopic (exact) mass is 345 g/mol. The minimum absolute atomic E-state index is 0.913. The van der Waals surface area contributed by atoms with Crippen molar-refractivity contribution in [1.82, 2.24) is 9.66 Å². The minimum Gasteiger partial charge on any atom is -0.313 e. The van der Waals surface area contributed by atoms with Crippen molar-refractivity contribution in [2.75, 3.05) is 18.6 Å². The molecule has 0 spiro atoms. The van der Waals surface area contributed by atoms with Crippen LogP contribution in [0.2, 0.25) is 0 Å². The van der Waals surface area contributed by atoms with Crippen molar-refractivity contribution in [3.05, 3.63) is 34.6 Å². The van der Waals surface area contributed by atoms with Crippen LogP contribution in [0, 0.1) is 4.64 Å². The largest absolute Gasteiger partial charge is 0.313 e. The third kappa shape index (κ3) is 4.79. The quantitative estimate of drug-likeness (QED) is 0.410. The van der Waals surface area contributed by atoms with E-state index in [1.165, 1.54) is 49.5 Å². The van der Waals surface area contributed by atoms with E-state index in [9.17, 15) is 0 Å². The van der Waals surface area contributed by atoms with Crippen molar-refractivity contribution < 1.29 is 0 Å². The van der Waals surface area contributed by atoms with Crippen molar-refractivity contribution in [1.29, 1.82) is 0 Å². The maximum absolute atomic E-state index is 5.78. The van der Waals surface area contributed by atoms with Crippen LogP contribution >= 0.6 is 12.2 Å². The lowest BCUT2D eigenvalue weighted by atomic mass is 10.1. The SMILES string of the molecule is CCCCCCCCN(C)n1c(=S)c(CCC)cc2cccnc21. The Bertz CT molecular complexity index is 693. The van der Waals surface area contributed by atoms with Crippen LogP contribution in [0.4, 0.5) is 0 Å². The molecule has 0 bridgehead atoms. The van der Waals surface area contributed by atoms with Crippen molar-refractivity contribution in [2.24, 2.45) is 0 Å². The van der Waals surface area contributed by atoms with Gasteiger partial charge in [-0.1, -0.05) is 64.6 Å². The van der Waals surface area contributed by atoms with Crippen molar-refractivity contribution in [3.63, 3.8) is 0 Å². The number of hydrogen-bond acceptors (Lipinski definition) is 3. The minimum atomic E-state index is 0.913. The summed E-state index contributed by atoms with van der Waals surface area (Å²) in [5.74, 6) is 0. The highest BCUT2D eigenvalue weighted by molar-refractivity contribution is 7.71. The molecule has 2 aromatic rings. The molecule has 0 fully saturated rings. The van der Waals surface area contributed by atoms with Gasteiger partial charge < -0.3 is 5.01 Å². The zero-order valence-corrected chi connectivity index (χ0v) is 16.2. The van der Waals surface area contributed by atoms with Gasteiger partial charge >= 0.3 is 0 Å². The summed E-state index contributed by atoms with van der Waals surface area (Å²) in [7, 11) is 2.13. The van der Waals surface area contributed by atoms with Gasteiger partial charge in [-0.2, -0.15) is 0 Å². The molecule has 0 amide bonds. The summed E-state index contributed by atoms with van der Waals surface area (Å²) in [6, 6.07) is 6.34. The van der Waals surface area contributed by atoms with Gasteiger partial charge in [0.1, 0.15) is 4.64 Å². The van der Waals surface area contributed by atoms with Gasteiger partial charge in [0.2, 0.25) is 0 Å². The third-order valence-electron chi connectivity index (χ3n) is 4.51. The lowest BCUT2D eigenvalue weighted by Gasteiger charge is -2.25. The molecule has 0 N–H and O–H groups in total. The van der Waals surface area contributed by atoms with Gasteiger partial charge in [-0.3, -0.25) is 0 Å². The van der Waals surface area contributed by atoms with Gasteiger partial charge in [0.25, 0.3) is 0 Å². The average molecular weight is 346 g/mol. The smallest absolute Gasteiger partial charge is 0.159 e. The van der Waals surface area contributed by atoms with E-state index in [0.717, 1.165) is 29.7 Å². The number of rotatable bonds is 10. The van der Waals surface area contributed by atoms with E-state index in [4.69, 9.17) is 12.2 Å². The number of nitrogens with zero attached hydrogens (tertiary/aromatic N) is 3. The van der Waals surface area contributed by atoms with Crippen LogP contribution in [0.1, 0.15) is 64.4 Å². The molecule has 3 nitrogen and oxygen atoms in total. The Morgan fingerprint density at radius 3 is 2.58 bits per heavy atom. The number of fused-ring (bicyclic) bond motifs is 1. The lowest BCUT2D eigenvalue weighted by Crippen LogP contribution is -2.33. The zero-order chi connectivity index (χ0) is 17.4. The molecule has 0 aliphatic rings. The maximum Gasteiger partial charge on any atom is 0.159 e. The topological polar surface area (TPSA) is 21.1 Å². The van der Waals surface area contributed by atoms with Crippen LogP contribution in [0.5, 0.6) is 0 Å². The Morgan fingerprint density at radius 2 is 1.83 bits per heavy atom. The summed E-state index contributed by atoms with van der Waals surface area (Å²) in [4.78, 5) is 4.59. The Labute approximate surface area is 151 Å². The molecule has 0 saturated carbocycles. The fraction of sp³-hybridized carbons (Fsp3) is 0.600. The highest BCUT2D eigenvalue weighted by Gasteiger charge is 2.10. The van der Waals surface area contributed by atoms with E-state index in [1.807, 2.05) is 12.3 Å². The molecule has 24 heavy (non-hydrogen) atoms. The van der Waals surface area contributed by atoms with E-state index in [1.54, 1.807) is 0 Å². The highest BCUT2D eigenvalue weighted by atomic mass is 32.1. The molecule has 132 valence electrons. The summed E-state index contributed by atoms with van der Waals surface area (Å²) in [5, 5.41) is 3.42. The van der Waals surface area contributed by atoms with Crippen LogP contribution in [0.25, 0.3) is 11.0 Å². The van der Waals surface area contributed by atoms with Crippen molar-refractivity contribution >= 4 is 23.3 Å². The first kappa shape index (κ1) is 18.9. The molecule has 0 aliphatic carbocycles. The normalized spacial score (nSPS) is 11.1. The molecule has 4 heteroatoms. The van der Waals surface area contributed by atoms with Gasteiger partial charge in [0, 0.05) is 25.2 Å². The van der Waals surface area contributed by atoms with Crippen LogP contribution < -0.4 is 5.01 Å². The number of aryl methyl sites for hydroxylation is 1. The van der Waals surface area contributed by atoms with E-state index >= 15 is 0 Å². The molecule has 0 aromatic carbocycles. The first-order valence-corrected chi connectivity index (χ1v) is 9.81. The molecule has 2 heterocycles. The van der Waals surface area contributed by atoms with Gasteiger partial charge in [-0.05, 0) is 36.6 Å². The first-order chi connectivity index (χ1) is 11.7. The maximum atomic E-state index is 5.78. The highest BCUT2D eigenvalue weighted by Crippen LogP contribution is 2.18. The third-order valence-corrected chi connectivity index (χ3v) is 4.95. The van der Waals surface area contributed by atoms with Gasteiger partial charge in [-0.15, -0.1) is 0 Å². The second kappa shape index (κ2) is 9.77. The Kier molecular flexibility index (Phi) is 7.70. The Balaban J connectivity index is 2.16. The molecule has 2 rings (SSSR count). The average Bonchev–Trinajstić information content (AvgIpc) is 2.59. The van der Waals surface area contributed by atoms with Crippen molar-refractivity contribution in [2.45, 2.75) is 65.2 Å². The molecule has 0 aliphatic heterocycles. The fourth-order valence-electron chi connectivity index (χ4n) is 3.17. The summed E-state index contributed by atoms with van der Waals surface area (Å²) >= 11 is 5.78. The molecule has 2 aromatic heterocycles. The van der Waals surface area contributed by atoms with Gasteiger partial charge in [-0.25, -0.2) is 9.66 Å². The molecule has 0 saturated heterocycles. The van der Waals surface area contributed by atoms with Crippen LogP contribution in [-0.4, -0.2) is 23.3 Å². The summed E-state index contributed by atoms with van der Waals surface area (Å²) in [5.41, 5.74) is 2.22. The summed E-state index contributed by atoms with van der Waals surface area (Å²) in [6.45, 7) is 5.48. The van der Waals surface area contributed by atoms with Crippen LogP contribution in [0.3, 0.4) is 0 Å². The second-order valence-corrected chi connectivity index (χ2v) is 6.99.